The summed E-state index contributed by atoms with van der Waals surface area (Å²) in [5.41, 5.74) is 0.904. The molecule has 2 rings (SSSR count). The minimum atomic E-state index is -2.57. The molecule has 0 spiro atoms. The van der Waals surface area contributed by atoms with Crippen LogP contribution in [0.15, 0.2) is 0 Å². The van der Waals surface area contributed by atoms with E-state index in [1.54, 1.807) is 0 Å². The van der Waals surface area contributed by atoms with E-state index in [1.165, 1.54) is 6.92 Å². The first-order valence-corrected chi connectivity index (χ1v) is 5.91. The topological polar surface area (TPSA) is 130 Å². The van der Waals surface area contributed by atoms with Crippen molar-refractivity contribution in [2.45, 2.75) is 37.0 Å². The number of carbonyl (C=O) groups is 3. The second-order valence-electron chi connectivity index (χ2n) is 5.25. The number of carbonyl (C=O) groups excluding carboxylic acids is 1. The van der Waals surface area contributed by atoms with Crippen molar-refractivity contribution in [1.29, 1.82) is 0 Å². The summed E-state index contributed by atoms with van der Waals surface area (Å²) >= 11 is 0. The van der Waals surface area contributed by atoms with Crippen LogP contribution in [0.2, 0.25) is 0 Å². The number of halogens is 2. The first-order chi connectivity index (χ1) is 8.68. The molecule has 0 aromatic heterocycles. The Labute approximate surface area is 120 Å². The van der Waals surface area contributed by atoms with Gasteiger partial charge in [-0.25, -0.2) is 14.0 Å². The molecule has 5 N–H and O–H groups in total. The number of nitrogens with two attached hydrogens (primary N) is 1. The van der Waals surface area contributed by atoms with Gasteiger partial charge >= 0.3 is 11.9 Å². The Morgan fingerprint density at radius 1 is 1.35 bits per heavy atom. The summed E-state index contributed by atoms with van der Waals surface area (Å²) in [4.78, 5) is 33.9. The van der Waals surface area contributed by atoms with Crippen LogP contribution in [0.5, 0.6) is 0 Å². The highest BCUT2D eigenvalue weighted by Crippen LogP contribution is 2.67. The predicted octanol–water partition coefficient (Wildman–Crippen LogP) is -0.472. The van der Waals surface area contributed by atoms with Crippen LogP contribution in [-0.4, -0.2) is 45.3 Å². The van der Waals surface area contributed by atoms with Crippen molar-refractivity contribution in [3.8, 4) is 0 Å². The Morgan fingerprint density at radius 3 is 2.25 bits per heavy atom. The molecule has 0 radical (unpaired) electrons. The fourth-order valence-electron chi connectivity index (χ4n) is 3.10. The molecule has 0 saturated heterocycles. The third-order valence-corrected chi connectivity index (χ3v) is 4.14. The van der Waals surface area contributed by atoms with E-state index in [0.29, 0.717) is 0 Å². The molecule has 0 aromatic rings. The van der Waals surface area contributed by atoms with Gasteiger partial charge < -0.3 is 21.3 Å². The summed E-state index contributed by atoms with van der Waals surface area (Å²) < 4.78 is 14.2. The van der Waals surface area contributed by atoms with Gasteiger partial charge in [-0.15, -0.1) is 12.4 Å². The number of carboxylic acid groups (broad SMARTS) is 2. The summed E-state index contributed by atoms with van der Waals surface area (Å²) in [6.07, 6.45) is 0.119. The van der Waals surface area contributed by atoms with Crippen molar-refractivity contribution in [3.05, 3.63) is 0 Å². The minimum absolute atomic E-state index is 0. The Kier molecular flexibility index (Phi) is 4.04. The van der Waals surface area contributed by atoms with E-state index >= 15 is 0 Å². The molecule has 2 aliphatic rings. The van der Waals surface area contributed by atoms with E-state index in [2.05, 4.69) is 5.32 Å². The number of nitrogens with one attached hydrogen (secondary N) is 1. The van der Waals surface area contributed by atoms with Gasteiger partial charge in [-0.05, 0) is 19.8 Å². The number of carboxylic acids is 2. The van der Waals surface area contributed by atoms with Crippen LogP contribution in [0.3, 0.4) is 0 Å². The zero-order valence-electron chi connectivity index (χ0n) is 10.6. The number of fused-ring (bicyclic) bond motifs is 1. The molecule has 9 heteroatoms. The number of aliphatic carboxylic acids is 2. The van der Waals surface area contributed by atoms with Crippen molar-refractivity contribution in [1.82, 2.24) is 5.32 Å². The van der Waals surface area contributed by atoms with Crippen molar-refractivity contribution in [2.24, 2.45) is 17.6 Å². The summed E-state index contributed by atoms with van der Waals surface area (Å²) in [7, 11) is 0. The fraction of sp³-hybridized carbons (Fsp3) is 0.727. The molecule has 20 heavy (non-hydrogen) atoms. The third kappa shape index (κ3) is 1.94. The molecule has 0 aliphatic heterocycles. The minimum Gasteiger partial charge on any atom is -0.479 e. The van der Waals surface area contributed by atoms with Crippen LogP contribution in [0.4, 0.5) is 4.39 Å². The van der Waals surface area contributed by atoms with Crippen LogP contribution < -0.4 is 11.1 Å². The third-order valence-electron chi connectivity index (χ3n) is 4.14. The van der Waals surface area contributed by atoms with Gasteiger partial charge in [-0.3, -0.25) is 4.79 Å². The Bertz CT molecular complexity index is 474. The highest BCUT2D eigenvalue weighted by molar-refractivity contribution is 5.94. The highest BCUT2D eigenvalue weighted by atomic mass is 35.5. The normalized spacial score (nSPS) is 39.1. The molecule has 7 nitrogen and oxygen atoms in total. The number of alkyl halides is 1. The first-order valence-electron chi connectivity index (χ1n) is 5.91. The maximum Gasteiger partial charge on any atom is 0.342 e. The van der Waals surface area contributed by atoms with Gasteiger partial charge in [0.1, 0.15) is 5.54 Å². The fourth-order valence-corrected chi connectivity index (χ4v) is 3.10. The summed E-state index contributed by atoms with van der Waals surface area (Å²) in [6, 6.07) is -0.951. The van der Waals surface area contributed by atoms with Crippen LogP contribution >= 0.6 is 12.4 Å². The molecule has 2 saturated carbocycles. The van der Waals surface area contributed by atoms with E-state index in [-0.39, 0.29) is 25.2 Å². The van der Waals surface area contributed by atoms with Crippen LogP contribution in [0.25, 0.3) is 0 Å². The highest BCUT2D eigenvalue weighted by Gasteiger charge is 2.83. The standard InChI is InChI=1S/C11H15FN2O5.ClH/c1-4(13)7(15)14-10(8(16)17)3-2-5-6(10)11(5,12)9(18)19;/h4-6H,2-3,13H2,1H3,(H,14,15)(H,16,17)(H,18,19);1H/t4-,5-,6-,10+,11-;/m1./s1. The first kappa shape index (κ1) is 16.6. The van der Waals surface area contributed by atoms with Crippen molar-refractivity contribution in [3.63, 3.8) is 0 Å². The second kappa shape index (κ2) is 4.85. The SMILES string of the molecule is C[C@@H](N)C(=O)N[C@@]1(C(=O)O)CC[C@@H]2[C@H]1[C@@]2(F)C(=O)O.Cl. The molecule has 1 amide bonds. The van der Waals surface area contributed by atoms with Crippen LogP contribution in [-0.2, 0) is 14.4 Å². The van der Waals surface area contributed by atoms with Crippen molar-refractivity contribution < 1.29 is 29.0 Å². The summed E-state index contributed by atoms with van der Waals surface area (Å²) in [5, 5.41) is 20.4. The van der Waals surface area contributed by atoms with Crippen LogP contribution in [0.1, 0.15) is 19.8 Å². The van der Waals surface area contributed by atoms with E-state index < -0.39 is 46.9 Å². The average Bonchev–Trinajstić information content (AvgIpc) is 2.73. The molecular weight excluding hydrogens is 295 g/mol. The lowest BCUT2D eigenvalue weighted by molar-refractivity contribution is -0.153. The van der Waals surface area contributed by atoms with Crippen molar-refractivity contribution >= 4 is 30.3 Å². The number of amides is 1. The number of rotatable bonds is 4. The zero-order chi connectivity index (χ0) is 14.6. The largest absolute Gasteiger partial charge is 0.479 e. The maximum absolute atomic E-state index is 14.2. The van der Waals surface area contributed by atoms with Gasteiger partial charge in [0.05, 0.1) is 6.04 Å². The molecular formula is C11H16ClFN2O5. The molecule has 0 heterocycles. The van der Waals surface area contributed by atoms with Crippen molar-refractivity contribution in [2.75, 3.05) is 0 Å². The monoisotopic (exact) mass is 310 g/mol. The lowest BCUT2D eigenvalue weighted by Crippen LogP contribution is -2.60. The van der Waals surface area contributed by atoms with Gasteiger partial charge in [-0.2, -0.15) is 0 Å². The van der Waals surface area contributed by atoms with E-state index in [9.17, 15) is 23.9 Å². The Hall–Kier alpha value is -1.41. The summed E-state index contributed by atoms with van der Waals surface area (Å²) in [5.74, 6) is -5.94. The van der Waals surface area contributed by atoms with Gasteiger partial charge in [-0.1, -0.05) is 0 Å². The molecule has 0 aromatic carbocycles. The van der Waals surface area contributed by atoms with Gasteiger partial charge in [0, 0.05) is 11.8 Å². The molecule has 5 atom stereocenters. The van der Waals surface area contributed by atoms with Crippen LogP contribution in [0, 0.1) is 11.8 Å². The quantitative estimate of drug-likeness (QED) is 0.555. The molecule has 0 bridgehead atoms. The molecule has 0 unspecified atom stereocenters. The van der Waals surface area contributed by atoms with Gasteiger partial charge in [0.2, 0.25) is 11.6 Å². The van der Waals surface area contributed by atoms with E-state index in [0.717, 1.165) is 0 Å². The Morgan fingerprint density at radius 2 is 1.90 bits per heavy atom. The van der Waals surface area contributed by atoms with Gasteiger partial charge in [0.15, 0.2) is 0 Å². The summed E-state index contributed by atoms with van der Waals surface area (Å²) in [6.45, 7) is 1.37. The zero-order valence-corrected chi connectivity index (χ0v) is 11.4. The molecule has 2 aliphatic carbocycles. The number of hydrogen-bond acceptors (Lipinski definition) is 4. The van der Waals surface area contributed by atoms with E-state index in [1.807, 2.05) is 0 Å². The lowest BCUT2D eigenvalue weighted by Gasteiger charge is -2.30. The van der Waals surface area contributed by atoms with E-state index in [4.69, 9.17) is 10.8 Å². The lowest BCUT2D eigenvalue weighted by atomic mass is 9.89. The second-order valence-corrected chi connectivity index (χ2v) is 5.25. The van der Waals surface area contributed by atoms with Gasteiger partial charge in [0.25, 0.3) is 0 Å². The Balaban J connectivity index is 0.00000200. The smallest absolute Gasteiger partial charge is 0.342 e. The average molecular weight is 311 g/mol. The molecule has 2 fully saturated rings. The molecule has 114 valence electrons. The predicted molar refractivity (Wildman–Crippen MR) is 67.1 cm³/mol. The number of hydrogen-bond donors (Lipinski definition) is 4. The maximum atomic E-state index is 14.2.